The number of aromatic nitrogens is 1. The molecule has 0 aliphatic heterocycles. The lowest BCUT2D eigenvalue weighted by atomic mass is 10.0. The molecule has 11 heteroatoms. The zero-order valence-corrected chi connectivity index (χ0v) is 21.2. The maximum absolute atomic E-state index is 13.5. The quantitative estimate of drug-likeness (QED) is 0.305. The van der Waals surface area contributed by atoms with E-state index in [2.05, 4.69) is 10.3 Å². The van der Waals surface area contributed by atoms with Crippen LogP contribution in [0.1, 0.15) is 19.4 Å². The Morgan fingerprint density at radius 2 is 1.77 bits per heavy atom. The molecule has 0 spiro atoms. The van der Waals surface area contributed by atoms with Crippen molar-refractivity contribution in [1.29, 1.82) is 0 Å². The number of benzene rings is 2. The minimum Gasteiger partial charge on any atom is -0.465 e. The zero-order chi connectivity index (χ0) is 25.6. The lowest BCUT2D eigenvalue weighted by Gasteiger charge is -2.30. The average molecular weight is 519 g/mol. The van der Waals surface area contributed by atoms with E-state index in [1.807, 2.05) is 44.2 Å². The van der Waals surface area contributed by atoms with Crippen LogP contribution in [0.4, 0.5) is 9.93 Å². The number of hydrogen-bond acceptors (Lipinski definition) is 7. The molecule has 1 amide bonds. The first-order valence-corrected chi connectivity index (χ1v) is 13.4. The van der Waals surface area contributed by atoms with Crippen LogP contribution in [0.5, 0.6) is 0 Å². The van der Waals surface area contributed by atoms with Gasteiger partial charge < -0.3 is 21.3 Å². The van der Waals surface area contributed by atoms with E-state index in [0.29, 0.717) is 10.8 Å². The molecule has 0 fully saturated rings. The first-order chi connectivity index (χ1) is 16.6. The Kier molecular flexibility index (Phi) is 8.84. The lowest BCUT2D eigenvalue weighted by Crippen LogP contribution is -2.50. The molecule has 0 saturated heterocycles. The maximum atomic E-state index is 13.5. The molecule has 3 rings (SSSR count). The van der Waals surface area contributed by atoms with Gasteiger partial charge in [0.15, 0.2) is 5.13 Å². The number of thiazole rings is 1. The highest BCUT2D eigenvalue weighted by Crippen LogP contribution is 2.26. The number of sulfonamides is 1. The molecule has 3 aromatic rings. The number of carbonyl (C=O) groups is 1. The Balaban J connectivity index is 1.83. The van der Waals surface area contributed by atoms with Gasteiger partial charge in [-0.25, -0.2) is 18.2 Å². The summed E-state index contributed by atoms with van der Waals surface area (Å²) in [4.78, 5) is 15.7. The smallest absolute Gasteiger partial charge is 0.404 e. The fourth-order valence-corrected chi connectivity index (χ4v) is 5.88. The molecule has 2 aromatic carbocycles. The van der Waals surface area contributed by atoms with Gasteiger partial charge >= 0.3 is 6.09 Å². The van der Waals surface area contributed by atoms with Gasteiger partial charge in [0.2, 0.25) is 10.0 Å². The first-order valence-electron chi connectivity index (χ1n) is 11.1. The SMILES string of the molecule is CC(C)CN(C[C@@H](O)[C@H](Cc1ccccc1)NC(=O)O)S(=O)(=O)c1ccc(-c2csc(N)n2)cc1. The summed E-state index contributed by atoms with van der Waals surface area (Å²) >= 11 is 1.30. The van der Waals surface area contributed by atoms with Crippen LogP contribution in [-0.4, -0.2) is 59.2 Å². The van der Waals surface area contributed by atoms with Gasteiger partial charge in [-0.05, 0) is 30.0 Å². The molecule has 0 unspecified atom stereocenters. The summed E-state index contributed by atoms with van der Waals surface area (Å²) in [6.07, 6.45) is -2.34. The third-order valence-electron chi connectivity index (χ3n) is 5.34. The molecular formula is C24H30N4O5S2. The van der Waals surface area contributed by atoms with Crippen molar-refractivity contribution in [3.05, 3.63) is 65.5 Å². The number of rotatable bonds is 11. The van der Waals surface area contributed by atoms with Crippen molar-refractivity contribution in [1.82, 2.24) is 14.6 Å². The summed E-state index contributed by atoms with van der Waals surface area (Å²) in [7, 11) is -3.96. The fraction of sp³-hybridized carbons (Fsp3) is 0.333. The van der Waals surface area contributed by atoms with Crippen LogP contribution < -0.4 is 11.1 Å². The number of hydrogen-bond donors (Lipinski definition) is 4. The number of anilines is 1. The summed E-state index contributed by atoms with van der Waals surface area (Å²) in [6, 6.07) is 14.5. The Hall–Kier alpha value is -2.99. The molecule has 0 bridgehead atoms. The maximum Gasteiger partial charge on any atom is 0.404 e. The van der Waals surface area contributed by atoms with E-state index in [1.54, 1.807) is 17.5 Å². The topological polar surface area (TPSA) is 146 Å². The van der Waals surface area contributed by atoms with Crippen molar-refractivity contribution in [2.24, 2.45) is 5.92 Å². The molecule has 1 aromatic heterocycles. The minimum absolute atomic E-state index is 0.0192. The third-order valence-corrected chi connectivity index (χ3v) is 7.86. The predicted octanol–water partition coefficient (Wildman–Crippen LogP) is 3.28. The van der Waals surface area contributed by atoms with Gasteiger partial charge in [0.1, 0.15) is 0 Å². The molecule has 1 heterocycles. The number of nitrogens with zero attached hydrogens (tertiary/aromatic N) is 2. The fourth-order valence-electron chi connectivity index (χ4n) is 3.69. The molecular weight excluding hydrogens is 488 g/mol. The Morgan fingerprint density at radius 1 is 1.11 bits per heavy atom. The van der Waals surface area contributed by atoms with Gasteiger partial charge in [0.25, 0.3) is 0 Å². The number of amides is 1. The lowest BCUT2D eigenvalue weighted by molar-refractivity contribution is 0.0980. The highest BCUT2D eigenvalue weighted by atomic mass is 32.2. The largest absolute Gasteiger partial charge is 0.465 e. The summed E-state index contributed by atoms with van der Waals surface area (Å²) in [6.45, 7) is 3.65. The number of nitrogens with one attached hydrogen (secondary N) is 1. The van der Waals surface area contributed by atoms with E-state index in [1.165, 1.54) is 27.8 Å². The summed E-state index contributed by atoms with van der Waals surface area (Å²) < 4.78 is 28.2. The van der Waals surface area contributed by atoms with Gasteiger partial charge in [-0.1, -0.05) is 56.3 Å². The van der Waals surface area contributed by atoms with Crippen molar-refractivity contribution in [2.75, 3.05) is 18.8 Å². The van der Waals surface area contributed by atoms with Crippen LogP contribution in [0, 0.1) is 5.92 Å². The van der Waals surface area contributed by atoms with E-state index in [-0.39, 0.29) is 30.3 Å². The number of aliphatic hydroxyl groups excluding tert-OH is 1. The van der Waals surface area contributed by atoms with Gasteiger partial charge in [-0.15, -0.1) is 11.3 Å². The first kappa shape index (κ1) is 26.6. The molecule has 0 saturated carbocycles. The van der Waals surface area contributed by atoms with Crippen LogP contribution in [0.15, 0.2) is 64.9 Å². The zero-order valence-electron chi connectivity index (χ0n) is 19.5. The van der Waals surface area contributed by atoms with Crippen LogP contribution in [0.2, 0.25) is 0 Å². The van der Waals surface area contributed by atoms with Gasteiger partial charge in [-0.2, -0.15) is 4.31 Å². The van der Waals surface area contributed by atoms with Gasteiger partial charge in [-0.3, -0.25) is 0 Å². The average Bonchev–Trinajstić information content (AvgIpc) is 3.24. The summed E-state index contributed by atoms with van der Waals surface area (Å²) in [5.41, 5.74) is 7.91. The van der Waals surface area contributed by atoms with Gasteiger partial charge in [0.05, 0.1) is 22.7 Å². The number of aliphatic hydroxyl groups is 1. The Morgan fingerprint density at radius 3 is 2.31 bits per heavy atom. The van der Waals surface area contributed by atoms with Crippen molar-refractivity contribution in [2.45, 2.75) is 37.3 Å². The Bertz CT molecular complexity index is 1210. The molecule has 9 nitrogen and oxygen atoms in total. The van der Waals surface area contributed by atoms with E-state index in [0.717, 1.165) is 11.1 Å². The van der Waals surface area contributed by atoms with Crippen molar-refractivity contribution >= 4 is 32.6 Å². The van der Waals surface area contributed by atoms with E-state index >= 15 is 0 Å². The number of carboxylic acid groups (broad SMARTS) is 1. The van der Waals surface area contributed by atoms with E-state index < -0.39 is 28.3 Å². The molecule has 2 atom stereocenters. The normalized spacial score (nSPS) is 13.6. The molecule has 0 aliphatic rings. The van der Waals surface area contributed by atoms with Gasteiger partial charge in [0, 0.05) is 24.0 Å². The Labute approximate surface area is 209 Å². The van der Waals surface area contributed by atoms with Crippen molar-refractivity contribution in [3.8, 4) is 11.3 Å². The molecule has 5 N–H and O–H groups in total. The third kappa shape index (κ3) is 7.25. The molecule has 0 radical (unpaired) electrons. The van der Waals surface area contributed by atoms with Crippen LogP contribution in [0.25, 0.3) is 11.3 Å². The predicted molar refractivity (Wildman–Crippen MR) is 137 cm³/mol. The standard InChI is InChI=1S/C24H30N4O5S2/c1-16(2)13-28(14-22(29)20(27-24(30)31)12-17-6-4-3-5-7-17)35(32,33)19-10-8-18(9-11-19)21-15-34-23(25)26-21/h3-11,15-16,20,22,27,29H,12-14H2,1-2H3,(H2,25,26)(H,30,31)/t20-,22+/m0/s1. The van der Waals surface area contributed by atoms with Crippen molar-refractivity contribution in [3.63, 3.8) is 0 Å². The second-order valence-electron chi connectivity index (χ2n) is 8.62. The highest BCUT2D eigenvalue weighted by molar-refractivity contribution is 7.89. The van der Waals surface area contributed by atoms with E-state index in [4.69, 9.17) is 5.73 Å². The highest BCUT2D eigenvalue weighted by Gasteiger charge is 2.31. The second kappa shape index (κ2) is 11.6. The van der Waals surface area contributed by atoms with Crippen LogP contribution in [0.3, 0.4) is 0 Å². The summed E-state index contributed by atoms with van der Waals surface area (Å²) in [5, 5.41) is 24.8. The number of nitrogen functional groups attached to an aromatic ring is 1. The molecule has 35 heavy (non-hydrogen) atoms. The minimum atomic E-state index is -3.96. The van der Waals surface area contributed by atoms with E-state index in [9.17, 15) is 23.4 Å². The molecule has 0 aliphatic carbocycles. The molecule has 188 valence electrons. The summed E-state index contributed by atoms with van der Waals surface area (Å²) in [5.74, 6) is -0.0192. The second-order valence-corrected chi connectivity index (χ2v) is 11.5. The van der Waals surface area contributed by atoms with Crippen molar-refractivity contribution < 1.29 is 23.4 Å². The van der Waals surface area contributed by atoms with Crippen LogP contribution >= 0.6 is 11.3 Å². The monoisotopic (exact) mass is 518 g/mol. The van der Waals surface area contributed by atoms with Crippen LogP contribution in [-0.2, 0) is 16.4 Å². The number of nitrogens with two attached hydrogens (primary N) is 1.